The average Bonchev–Trinajstić information content (AvgIpc) is 3.39. The molecule has 0 saturated heterocycles. The SMILES string of the molecule is CCN(CC)CCCN1C(=O)C(O)=C(C(=O)c2ccco2)[C@H]1c1ccc(OC(C)C)cc1. The maximum Gasteiger partial charge on any atom is 0.290 e. The van der Waals surface area contributed by atoms with Gasteiger partial charge in [-0.2, -0.15) is 0 Å². The molecule has 0 fully saturated rings. The second-order valence-electron chi connectivity index (χ2n) is 8.09. The normalized spacial score (nSPS) is 16.5. The van der Waals surface area contributed by atoms with Crippen LogP contribution in [-0.4, -0.2) is 58.9 Å². The number of benzene rings is 1. The Morgan fingerprint density at radius 2 is 1.88 bits per heavy atom. The molecule has 32 heavy (non-hydrogen) atoms. The number of aliphatic hydroxyl groups excluding tert-OH is 1. The van der Waals surface area contributed by atoms with Crippen LogP contribution in [0.3, 0.4) is 0 Å². The lowest BCUT2D eigenvalue weighted by molar-refractivity contribution is -0.129. The van der Waals surface area contributed by atoms with Crippen LogP contribution in [0, 0.1) is 0 Å². The second kappa shape index (κ2) is 10.5. The molecule has 7 nitrogen and oxygen atoms in total. The van der Waals surface area contributed by atoms with Gasteiger partial charge in [-0.05, 0) is 69.7 Å². The number of carbonyl (C=O) groups is 2. The number of aliphatic hydroxyl groups is 1. The molecule has 0 saturated carbocycles. The van der Waals surface area contributed by atoms with E-state index < -0.39 is 23.5 Å². The van der Waals surface area contributed by atoms with Crippen molar-refractivity contribution >= 4 is 11.7 Å². The van der Waals surface area contributed by atoms with Gasteiger partial charge in [-0.15, -0.1) is 0 Å². The van der Waals surface area contributed by atoms with Crippen molar-refractivity contribution in [2.24, 2.45) is 0 Å². The van der Waals surface area contributed by atoms with E-state index in [1.807, 2.05) is 38.1 Å². The van der Waals surface area contributed by atoms with Crippen molar-refractivity contribution in [1.82, 2.24) is 9.80 Å². The first kappa shape index (κ1) is 23.6. The Hall–Kier alpha value is -3.06. The predicted molar refractivity (Wildman–Crippen MR) is 122 cm³/mol. The molecule has 0 unspecified atom stereocenters. The van der Waals surface area contributed by atoms with Gasteiger partial charge in [-0.25, -0.2) is 0 Å². The number of carbonyl (C=O) groups excluding carboxylic acids is 2. The molecule has 1 N–H and O–H groups in total. The summed E-state index contributed by atoms with van der Waals surface area (Å²) in [6.07, 6.45) is 2.16. The number of furan rings is 1. The van der Waals surface area contributed by atoms with Gasteiger partial charge in [-0.1, -0.05) is 26.0 Å². The van der Waals surface area contributed by atoms with Gasteiger partial charge in [0.15, 0.2) is 11.5 Å². The van der Waals surface area contributed by atoms with Gasteiger partial charge in [0.1, 0.15) is 5.75 Å². The van der Waals surface area contributed by atoms with Gasteiger partial charge < -0.3 is 24.1 Å². The maximum atomic E-state index is 13.2. The number of hydrogen-bond acceptors (Lipinski definition) is 6. The third-order valence-corrected chi connectivity index (χ3v) is 5.63. The molecule has 172 valence electrons. The summed E-state index contributed by atoms with van der Waals surface area (Å²) in [7, 11) is 0. The zero-order chi connectivity index (χ0) is 23.3. The summed E-state index contributed by atoms with van der Waals surface area (Å²) < 4.78 is 11.0. The van der Waals surface area contributed by atoms with Crippen LogP contribution in [-0.2, 0) is 4.79 Å². The smallest absolute Gasteiger partial charge is 0.290 e. The summed E-state index contributed by atoms with van der Waals surface area (Å²) >= 11 is 0. The van der Waals surface area contributed by atoms with Crippen LogP contribution < -0.4 is 4.74 Å². The quantitative estimate of drug-likeness (QED) is 0.522. The number of hydrogen-bond donors (Lipinski definition) is 1. The van der Waals surface area contributed by atoms with Crippen LogP contribution in [0.5, 0.6) is 5.75 Å². The van der Waals surface area contributed by atoms with E-state index in [9.17, 15) is 14.7 Å². The van der Waals surface area contributed by atoms with Crippen LogP contribution in [0.4, 0.5) is 0 Å². The molecule has 7 heteroatoms. The van der Waals surface area contributed by atoms with Crippen LogP contribution in [0.1, 0.15) is 56.3 Å². The van der Waals surface area contributed by atoms with Crippen molar-refractivity contribution in [2.45, 2.75) is 46.3 Å². The molecule has 1 amide bonds. The van der Waals surface area contributed by atoms with Crippen molar-refractivity contribution in [3.05, 3.63) is 65.3 Å². The molecule has 3 rings (SSSR count). The number of rotatable bonds is 11. The number of Topliss-reactive ketones (excluding diaryl/α,β-unsaturated/α-hetero) is 1. The van der Waals surface area contributed by atoms with Crippen molar-refractivity contribution in [3.63, 3.8) is 0 Å². The molecule has 1 aromatic carbocycles. The highest BCUT2D eigenvalue weighted by atomic mass is 16.5. The molecule has 0 spiro atoms. The van der Waals surface area contributed by atoms with Gasteiger partial charge in [0.25, 0.3) is 5.91 Å². The van der Waals surface area contributed by atoms with Gasteiger partial charge in [0.2, 0.25) is 5.78 Å². The van der Waals surface area contributed by atoms with Crippen LogP contribution >= 0.6 is 0 Å². The highest BCUT2D eigenvalue weighted by Crippen LogP contribution is 2.39. The Bertz CT molecular complexity index is 943. The Morgan fingerprint density at radius 3 is 2.44 bits per heavy atom. The monoisotopic (exact) mass is 440 g/mol. The van der Waals surface area contributed by atoms with Crippen molar-refractivity contribution in [2.75, 3.05) is 26.2 Å². The van der Waals surface area contributed by atoms with E-state index in [2.05, 4.69) is 18.7 Å². The predicted octanol–water partition coefficient (Wildman–Crippen LogP) is 4.38. The van der Waals surface area contributed by atoms with E-state index in [-0.39, 0.29) is 17.4 Å². The van der Waals surface area contributed by atoms with E-state index in [0.29, 0.717) is 12.3 Å². The first-order valence-corrected chi connectivity index (χ1v) is 11.2. The lowest BCUT2D eigenvalue weighted by Crippen LogP contribution is -2.34. The number of amides is 1. The van der Waals surface area contributed by atoms with E-state index in [1.165, 1.54) is 12.3 Å². The van der Waals surface area contributed by atoms with Gasteiger partial charge in [-0.3, -0.25) is 9.59 Å². The van der Waals surface area contributed by atoms with Gasteiger partial charge in [0, 0.05) is 6.54 Å². The molecule has 1 aliphatic rings. The number of nitrogens with zero attached hydrogens (tertiary/aromatic N) is 2. The summed E-state index contributed by atoms with van der Waals surface area (Å²) in [6.45, 7) is 11.2. The van der Waals surface area contributed by atoms with Gasteiger partial charge in [0.05, 0.1) is 24.0 Å². The van der Waals surface area contributed by atoms with Gasteiger partial charge >= 0.3 is 0 Å². The molecule has 0 radical (unpaired) electrons. The summed E-state index contributed by atoms with van der Waals surface area (Å²) in [5, 5.41) is 10.7. The van der Waals surface area contributed by atoms with E-state index in [4.69, 9.17) is 9.15 Å². The summed E-state index contributed by atoms with van der Waals surface area (Å²) in [5.41, 5.74) is 0.779. The highest BCUT2D eigenvalue weighted by Gasteiger charge is 2.44. The third kappa shape index (κ3) is 5.05. The molecular formula is C25H32N2O5. The van der Waals surface area contributed by atoms with Crippen LogP contribution in [0.25, 0.3) is 0 Å². The molecule has 2 heterocycles. The van der Waals surface area contributed by atoms with Crippen molar-refractivity contribution < 1.29 is 23.8 Å². The Labute approximate surface area is 189 Å². The summed E-state index contributed by atoms with van der Waals surface area (Å²) in [6, 6.07) is 9.76. The van der Waals surface area contributed by atoms with Crippen molar-refractivity contribution in [3.8, 4) is 5.75 Å². The lowest BCUT2D eigenvalue weighted by atomic mass is 9.95. The fraction of sp³-hybridized carbons (Fsp3) is 0.440. The number of ketones is 1. The summed E-state index contributed by atoms with van der Waals surface area (Å²) in [5.74, 6) is -0.740. The fourth-order valence-electron chi connectivity index (χ4n) is 4.01. The highest BCUT2D eigenvalue weighted by molar-refractivity contribution is 6.15. The van der Waals surface area contributed by atoms with E-state index >= 15 is 0 Å². The standard InChI is InChI=1S/C25H32N2O5/c1-5-26(6-2)14-8-15-27-22(18-10-12-19(13-11-18)32-17(3)4)21(24(29)25(27)30)23(28)20-9-7-16-31-20/h7,9-13,16-17,22,29H,5-6,8,14-15H2,1-4H3/t22-/m1/s1. The molecule has 1 atom stereocenters. The zero-order valence-corrected chi connectivity index (χ0v) is 19.2. The molecule has 1 aliphatic heterocycles. The first-order chi connectivity index (χ1) is 15.4. The largest absolute Gasteiger partial charge is 0.503 e. The van der Waals surface area contributed by atoms with Crippen LogP contribution in [0.2, 0.25) is 0 Å². The topological polar surface area (TPSA) is 83.2 Å². The van der Waals surface area contributed by atoms with Crippen LogP contribution in [0.15, 0.2) is 58.4 Å². The minimum Gasteiger partial charge on any atom is -0.503 e. The molecule has 1 aromatic heterocycles. The summed E-state index contributed by atoms with van der Waals surface area (Å²) in [4.78, 5) is 30.0. The third-order valence-electron chi connectivity index (χ3n) is 5.63. The lowest BCUT2D eigenvalue weighted by Gasteiger charge is -2.28. The first-order valence-electron chi connectivity index (χ1n) is 11.2. The Balaban J connectivity index is 1.92. The minimum absolute atomic E-state index is 0.0329. The fourth-order valence-corrected chi connectivity index (χ4v) is 4.01. The maximum absolute atomic E-state index is 13.2. The molecule has 0 aliphatic carbocycles. The Kier molecular flexibility index (Phi) is 7.75. The zero-order valence-electron chi connectivity index (χ0n) is 19.2. The average molecular weight is 441 g/mol. The minimum atomic E-state index is -0.690. The number of ether oxygens (including phenoxy) is 1. The van der Waals surface area contributed by atoms with Crippen molar-refractivity contribution in [1.29, 1.82) is 0 Å². The molecule has 0 bridgehead atoms. The second-order valence-corrected chi connectivity index (χ2v) is 8.09. The Morgan fingerprint density at radius 1 is 1.19 bits per heavy atom. The van der Waals surface area contributed by atoms with E-state index in [1.54, 1.807) is 11.0 Å². The molecule has 2 aromatic rings. The molecular weight excluding hydrogens is 408 g/mol. The van der Waals surface area contributed by atoms with E-state index in [0.717, 1.165) is 31.6 Å².